The van der Waals surface area contributed by atoms with Crippen LogP contribution in [-0.4, -0.2) is 32.5 Å². The molecule has 2 heterocycles. The fraction of sp³-hybridized carbons (Fsp3) is 0.632. The molecule has 142 valence electrons. The van der Waals surface area contributed by atoms with Crippen LogP contribution < -0.4 is 5.32 Å². The van der Waals surface area contributed by atoms with Crippen molar-refractivity contribution in [2.75, 3.05) is 5.75 Å². The summed E-state index contributed by atoms with van der Waals surface area (Å²) in [6.45, 7) is 7.42. The Hall–Kier alpha value is -1.34. The number of nitrogens with one attached hydrogen (secondary N) is 1. The normalized spacial score (nSPS) is 15.1. The smallest absolute Gasteiger partial charge is 0.230 e. The van der Waals surface area contributed by atoms with E-state index >= 15 is 0 Å². The number of amides is 1. The van der Waals surface area contributed by atoms with Gasteiger partial charge in [-0.05, 0) is 31.2 Å². The fourth-order valence-electron chi connectivity index (χ4n) is 3.28. The Labute approximate surface area is 164 Å². The number of hydrogen-bond acceptors (Lipinski definition) is 5. The number of carbonyl (C=O) groups is 1. The van der Waals surface area contributed by atoms with Gasteiger partial charge in [0.25, 0.3) is 0 Å². The Morgan fingerprint density at radius 2 is 2.15 bits per heavy atom. The van der Waals surface area contributed by atoms with Gasteiger partial charge in [0.15, 0.2) is 11.0 Å². The third-order valence-electron chi connectivity index (χ3n) is 4.66. The van der Waals surface area contributed by atoms with Crippen LogP contribution in [0.5, 0.6) is 0 Å². The molecule has 0 bridgehead atoms. The number of thiophene rings is 1. The second-order valence-electron chi connectivity index (χ2n) is 7.19. The highest BCUT2D eigenvalue weighted by atomic mass is 32.2. The van der Waals surface area contributed by atoms with Crippen molar-refractivity contribution >= 4 is 29.0 Å². The molecule has 0 unspecified atom stereocenters. The SMILES string of the molecule is CCCn1c(SCC(=O)NC2CCCC2)nnc1-c1csc(C(C)C)c1. The molecule has 0 aromatic carbocycles. The van der Waals surface area contributed by atoms with Crippen molar-refractivity contribution in [1.82, 2.24) is 20.1 Å². The number of thioether (sulfide) groups is 1. The fourth-order valence-corrected chi connectivity index (χ4v) is 4.96. The molecule has 26 heavy (non-hydrogen) atoms. The molecule has 3 rings (SSSR count). The summed E-state index contributed by atoms with van der Waals surface area (Å²) in [5.41, 5.74) is 1.13. The molecule has 0 radical (unpaired) electrons. The van der Waals surface area contributed by atoms with Crippen LogP contribution >= 0.6 is 23.1 Å². The highest BCUT2D eigenvalue weighted by Gasteiger charge is 2.19. The highest BCUT2D eigenvalue weighted by Crippen LogP contribution is 2.31. The van der Waals surface area contributed by atoms with E-state index in [4.69, 9.17) is 0 Å². The summed E-state index contributed by atoms with van der Waals surface area (Å²) in [7, 11) is 0. The molecule has 0 saturated heterocycles. The van der Waals surface area contributed by atoms with E-state index in [1.165, 1.54) is 29.5 Å². The maximum atomic E-state index is 12.2. The molecular formula is C19H28N4OS2. The quantitative estimate of drug-likeness (QED) is 0.662. The van der Waals surface area contributed by atoms with Crippen LogP contribution in [0.15, 0.2) is 16.6 Å². The topological polar surface area (TPSA) is 59.8 Å². The lowest BCUT2D eigenvalue weighted by Gasteiger charge is -2.12. The zero-order chi connectivity index (χ0) is 18.5. The first-order valence-corrected chi connectivity index (χ1v) is 11.4. The third kappa shape index (κ3) is 4.68. The van der Waals surface area contributed by atoms with Crippen LogP contribution in [0.4, 0.5) is 0 Å². The lowest BCUT2D eigenvalue weighted by Crippen LogP contribution is -2.33. The number of carbonyl (C=O) groups excluding carboxylic acids is 1. The van der Waals surface area contributed by atoms with E-state index in [-0.39, 0.29) is 5.91 Å². The average molecular weight is 393 g/mol. The van der Waals surface area contributed by atoms with Crippen LogP contribution in [0.1, 0.15) is 63.7 Å². The molecule has 0 aliphatic heterocycles. The lowest BCUT2D eigenvalue weighted by atomic mass is 10.1. The second-order valence-corrected chi connectivity index (χ2v) is 9.07. The minimum atomic E-state index is 0.104. The van der Waals surface area contributed by atoms with Gasteiger partial charge in [-0.1, -0.05) is 45.4 Å². The summed E-state index contributed by atoms with van der Waals surface area (Å²) in [5, 5.41) is 14.9. The van der Waals surface area contributed by atoms with Crippen molar-refractivity contribution in [1.29, 1.82) is 0 Å². The Balaban J connectivity index is 1.68. The molecule has 1 aliphatic rings. The first kappa shape index (κ1) is 19.4. The summed E-state index contributed by atoms with van der Waals surface area (Å²) in [4.78, 5) is 13.6. The monoisotopic (exact) mass is 392 g/mol. The molecule has 7 heteroatoms. The van der Waals surface area contributed by atoms with E-state index < -0.39 is 0 Å². The number of rotatable bonds is 8. The maximum Gasteiger partial charge on any atom is 0.230 e. The van der Waals surface area contributed by atoms with Gasteiger partial charge in [0, 0.05) is 28.4 Å². The van der Waals surface area contributed by atoms with Gasteiger partial charge in [-0.25, -0.2) is 0 Å². The minimum absolute atomic E-state index is 0.104. The molecule has 1 saturated carbocycles. The predicted molar refractivity (Wildman–Crippen MR) is 109 cm³/mol. The Morgan fingerprint density at radius 1 is 1.38 bits per heavy atom. The van der Waals surface area contributed by atoms with Crippen molar-refractivity contribution < 1.29 is 4.79 Å². The average Bonchev–Trinajstić information content (AvgIpc) is 3.34. The minimum Gasteiger partial charge on any atom is -0.353 e. The van der Waals surface area contributed by atoms with Gasteiger partial charge in [0.05, 0.1) is 5.75 Å². The van der Waals surface area contributed by atoms with Crippen molar-refractivity contribution in [2.45, 2.75) is 76.5 Å². The van der Waals surface area contributed by atoms with E-state index in [9.17, 15) is 4.79 Å². The molecule has 2 aromatic rings. The van der Waals surface area contributed by atoms with Crippen LogP contribution in [-0.2, 0) is 11.3 Å². The Kier molecular flexibility index (Phi) is 6.75. The maximum absolute atomic E-state index is 12.2. The van der Waals surface area contributed by atoms with Crippen molar-refractivity contribution in [3.8, 4) is 11.4 Å². The van der Waals surface area contributed by atoms with Crippen LogP contribution in [0, 0.1) is 0 Å². The summed E-state index contributed by atoms with van der Waals surface area (Å²) >= 11 is 3.26. The predicted octanol–water partition coefficient (Wildman–Crippen LogP) is 4.69. The summed E-state index contributed by atoms with van der Waals surface area (Å²) in [6.07, 6.45) is 5.69. The standard InChI is InChI=1S/C19H28N4OS2/c1-4-9-23-18(14-10-16(13(2)3)25-11-14)21-22-19(23)26-12-17(24)20-15-7-5-6-8-15/h10-11,13,15H,4-9,12H2,1-3H3,(H,20,24). The van der Waals surface area contributed by atoms with E-state index in [0.717, 1.165) is 42.4 Å². The Bertz CT molecular complexity index is 732. The summed E-state index contributed by atoms with van der Waals surface area (Å²) in [6, 6.07) is 2.58. The van der Waals surface area contributed by atoms with E-state index in [2.05, 4.69) is 52.3 Å². The molecule has 0 atom stereocenters. The highest BCUT2D eigenvalue weighted by molar-refractivity contribution is 7.99. The number of nitrogens with zero attached hydrogens (tertiary/aromatic N) is 3. The van der Waals surface area contributed by atoms with Gasteiger partial charge in [-0.2, -0.15) is 0 Å². The van der Waals surface area contributed by atoms with Gasteiger partial charge in [0.2, 0.25) is 5.91 Å². The number of aromatic nitrogens is 3. The zero-order valence-electron chi connectivity index (χ0n) is 15.8. The zero-order valence-corrected chi connectivity index (χ0v) is 17.5. The van der Waals surface area contributed by atoms with E-state index in [1.807, 2.05) is 0 Å². The van der Waals surface area contributed by atoms with Gasteiger partial charge < -0.3 is 9.88 Å². The molecule has 1 N–H and O–H groups in total. The first-order chi connectivity index (χ1) is 12.6. The molecule has 5 nitrogen and oxygen atoms in total. The van der Waals surface area contributed by atoms with E-state index in [0.29, 0.717) is 17.7 Å². The van der Waals surface area contributed by atoms with Crippen LogP contribution in [0.2, 0.25) is 0 Å². The summed E-state index contributed by atoms with van der Waals surface area (Å²) in [5.74, 6) is 1.93. The molecule has 1 aliphatic carbocycles. The molecule has 0 spiro atoms. The molecule has 2 aromatic heterocycles. The van der Waals surface area contributed by atoms with Gasteiger partial charge in [0.1, 0.15) is 0 Å². The lowest BCUT2D eigenvalue weighted by molar-refractivity contribution is -0.119. The first-order valence-electron chi connectivity index (χ1n) is 9.52. The molecule has 1 fully saturated rings. The number of hydrogen-bond donors (Lipinski definition) is 1. The van der Waals surface area contributed by atoms with E-state index in [1.54, 1.807) is 11.3 Å². The third-order valence-corrected chi connectivity index (χ3v) is 6.86. The van der Waals surface area contributed by atoms with Crippen LogP contribution in [0.3, 0.4) is 0 Å². The van der Waals surface area contributed by atoms with Crippen molar-refractivity contribution in [3.05, 3.63) is 16.3 Å². The van der Waals surface area contributed by atoms with Gasteiger partial charge >= 0.3 is 0 Å². The second kappa shape index (κ2) is 9.04. The molecule has 1 amide bonds. The molecular weight excluding hydrogens is 364 g/mol. The van der Waals surface area contributed by atoms with Gasteiger partial charge in [-0.15, -0.1) is 21.5 Å². The largest absolute Gasteiger partial charge is 0.353 e. The van der Waals surface area contributed by atoms with Crippen molar-refractivity contribution in [3.63, 3.8) is 0 Å². The van der Waals surface area contributed by atoms with Crippen molar-refractivity contribution in [2.24, 2.45) is 0 Å². The Morgan fingerprint density at radius 3 is 2.81 bits per heavy atom. The summed E-state index contributed by atoms with van der Waals surface area (Å²) < 4.78 is 2.15. The van der Waals surface area contributed by atoms with Gasteiger partial charge in [-0.3, -0.25) is 4.79 Å². The van der Waals surface area contributed by atoms with Crippen LogP contribution in [0.25, 0.3) is 11.4 Å².